The Bertz CT molecular complexity index is 900. The molecule has 22 heteroatoms. The summed E-state index contributed by atoms with van der Waals surface area (Å²) in [4.78, 5) is 112. The van der Waals surface area contributed by atoms with Crippen molar-refractivity contribution in [2.24, 2.45) is 0 Å². The molecule has 0 heterocycles. The minimum absolute atomic E-state index is 0.124. The Hall–Kier alpha value is -0.306. The number of unbranched alkanes of at least 4 members (excludes halogenated alkanes) is 15. The van der Waals surface area contributed by atoms with E-state index in [0.29, 0.717) is 18.0 Å². The summed E-state index contributed by atoms with van der Waals surface area (Å²) < 4.78 is 21.5. The van der Waals surface area contributed by atoms with Crippen LogP contribution in [0, 0.1) is 0 Å². The summed E-state index contributed by atoms with van der Waals surface area (Å²) in [6, 6.07) is 0. The molecule has 0 fully saturated rings. The summed E-state index contributed by atoms with van der Waals surface area (Å²) in [5.74, 6) is -1.07. The third-order valence-electron chi connectivity index (χ3n) is 7.23. The van der Waals surface area contributed by atoms with Crippen LogP contribution in [-0.4, -0.2) is 124 Å². The van der Waals surface area contributed by atoms with Gasteiger partial charge in [0.2, 0.25) is 0 Å². The smallest absolute Gasteiger partial charge is 0.458 e. The monoisotopic (exact) mass is 784 g/mol. The molecule has 0 spiro atoms. The van der Waals surface area contributed by atoms with E-state index in [9.17, 15) is 52.8 Å². The minimum atomic E-state index is -6.00. The number of hydrogen-bond donors (Lipinski definition) is 11. The minimum Gasteiger partial charge on any atom is -0.458 e. The van der Waals surface area contributed by atoms with E-state index in [1.807, 2.05) is 0 Å². The van der Waals surface area contributed by atoms with Gasteiger partial charge in [-0.2, -0.15) is 0 Å². The Labute approximate surface area is 290 Å². The third kappa shape index (κ3) is 26.5. The lowest BCUT2D eigenvalue weighted by atomic mass is 10.0. The van der Waals surface area contributed by atoms with Crippen molar-refractivity contribution in [3.8, 4) is 0 Å². The van der Waals surface area contributed by atoms with Gasteiger partial charge in [-0.3, -0.25) is 0 Å². The molecule has 0 aliphatic heterocycles. The van der Waals surface area contributed by atoms with Crippen LogP contribution in [-0.2, 0) is 26.0 Å². The molecule has 0 aromatic rings. The molecule has 1 atom stereocenters. The largest absolute Gasteiger partial charge is 0.662 e. The lowest BCUT2D eigenvalue weighted by molar-refractivity contribution is -0.890. The third-order valence-corrected chi connectivity index (χ3v) is 17.7. The van der Waals surface area contributed by atoms with Crippen LogP contribution in [0.1, 0.15) is 124 Å². The van der Waals surface area contributed by atoms with E-state index in [2.05, 4.69) is 34.7 Å². The second kappa shape index (κ2) is 24.0. The summed E-state index contributed by atoms with van der Waals surface area (Å²) in [5, 5.41) is 0. The Kier molecular flexibility index (Phi) is 23.9. The maximum absolute atomic E-state index is 11.4. The first-order valence-corrected chi connectivity index (χ1v) is 26.0. The molecule has 1 unspecified atom stereocenters. The van der Waals surface area contributed by atoms with Crippen molar-refractivity contribution in [1.29, 1.82) is 0 Å². The van der Waals surface area contributed by atoms with E-state index in [1.54, 1.807) is 6.92 Å². The molecule has 11 N–H and O–H groups in total. The molecule has 0 aliphatic rings. The normalized spacial score (nSPS) is 13.9. The van der Waals surface area contributed by atoms with Crippen molar-refractivity contribution in [2.45, 2.75) is 124 Å². The van der Waals surface area contributed by atoms with Crippen molar-refractivity contribution >= 4 is 50.7 Å². The number of ether oxygens (including phenoxy) is 1. The van der Waals surface area contributed by atoms with E-state index < -0.39 is 63.1 Å². The summed E-state index contributed by atoms with van der Waals surface area (Å²) in [5.41, 5.74) is -0.124. The fraction of sp³-hybridized carbons (Fsp3) is 0.885. The molecular weight excluding hydrogens is 723 g/mol. The summed E-state index contributed by atoms with van der Waals surface area (Å²) in [7, 11) is -27.8. The number of carbonyl (C=O) groups excluding carboxylic acids is 1. The van der Waals surface area contributed by atoms with Crippen LogP contribution in [0.3, 0.4) is 0 Å². The van der Waals surface area contributed by atoms with Gasteiger partial charge < -0.3 is 74.1 Å². The lowest BCUT2D eigenvalue weighted by Gasteiger charge is -2.31. The standard InChI is InChI=1S/C26H61NO16Si5/c1-5-7-8-9-10-11-12-13-14-15-16-17-18-19-20-21-22-27(6-2)23-44(29,30)40-46(33,34)42-48(37,38)43-47(35,36)41-45(31,32)24-39-26(28)25(3)4/h29-38H,3,5-24H2,1-2,4H3/p+1. The van der Waals surface area contributed by atoms with Gasteiger partial charge in [0.05, 0.1) is 13.1 Å². The van der Waals surface area contributed by atoms with Gasteiger partial charge >= 0.3 is 50.7 Å². The average Bonchev–Trinajstić information content (AvgIpc) is 2.92. The van der Waals surface area contributed by atoms with Gasteiger partial charge in [0.1, 0.15) is 6.17 Å². The van der Waals surface area contributed by atoms with Gasteiger partial charge in [0.25, 0.3) is 0 Å². The van der Waals surface area contributed by atoms with Crippen LogP contribution < -0.4 is 4.90 Å². The zero-order valence-corrected chi connectivity index (χ0v) is 33.8. The van der Waals surface area contributed by atoms with Crippen molar-refractivity contribution in [1.82, 2.24) is 0 Å². The Morgan fingerprint density at radius 1 is 0.562 bits per heavy atom. The number of carbonyl (C=O) groups is 1. The Morgan fingerprint density at radius 2 is 0.917 bits per heavy atom. The van der Waals surface area contributed by atoms with E-state index in [0.717, 1.165) is 25.7 Å². The zero-order valence-electron chi connectivity index (χ0n) is 28.8. The molecule has 0 aromatic heterocycles. The quantitative estimate of drug-likeness (QED) is 0.0166. The molecule has 0 saturated heterocycles. The molecular formula is C26H62NO16Si5+. The molecule has 0 bridgehead atoms. The van der Waals surface area contributed by atoms with Gasteiger partial charge in [-0.25, -0.2) is 4.79 Å². The van der Waals surface area contributed by atoms with Gasteiger partial charge in [0.15, 0.2) is 6.23 Å². The highest BCUT2D eigenvalue weighted by Crippen LogP contribution is 2.17. The van der Waals surface area contributed by atoms with Gasteiger partial charge in [-0.15, -0.1) is 0 Å². The maximum Gasteiger partial charge on any atom is 0.662 e. The highest BCUT2D eigenvalue weighted by molar-refractivity contribution is 6.78. The van der Waals surface area contributed by atoms with Crippen molar-refractivity contribution < 1.29 is 78.8 Å². The molecule has 0 amide bonds. The first-order chi connectivity index (χ1) is 22.1. The fourth-order valence-corrected chi connectivity index (χ4v) is 14.5. The van der Waals surface area contributed by atoms with Gasteiger partial charge in [0, 0.05) is 5.57 Å². The van der Waals surface area contributed by atoms with Crippen LogP contribution in [0.15, 0.2) is 12.2 Å². The molecule has 0 rings (SSSR count). The number of hydrogen-bond acceptors (Lipinski definition) is 16. The number of rotatable bonds is 31. The lowest BCUT2D eigenvalue weighted by Crippen LogP contribution is -3.14. The Morgan fingerprint density at radius 3 is 1.29 bits per heavy atom. The predicted molar refractivity (Wildman–Crippen MR) is 182 cm³/mol. The molecule has 286 valence electrons. The van der Waals surface area contributed by atoms with Crippen LogP contribution in [0.4, 0.5) is 0 Å². The molecule has 0 aliphatic carbocycles. The molecule has 48 heavy (non-hydrogen) atoms. The Balaban J connectivity index is 4.47. The van der Waals surface area contributed by atoms with Crippen LogP contribution >= 0.6 is 0 Å². The summed E-state index contributed by atoms with van der Waals surface area (Å²) in [6.45, 7) is 9.51. The number of esters is 1. The first-order valence-electron chi connectivity index (χ1n) is 16.9. The van der Waals surface area contributed by atoms with Crippen molar-refractivity contribution in [2.75, 3.05) is 25.5 Å². The van der Waals surface area contributed by atoms with E-state index >= 15 is 0 Å². The molecule has 0 radical (unpaired) electrons. The average molecular weight is 785 g/mol. The van der Waals surface area contributed by atoms with E-state index in [4.69, 9.17) is 0 Å². The van der Waals surface area contributed by atoms with E-state index in [1.165, 1.54) is 84.0 Å². The second-order valence-electron chi connectivity index (χ2n) is 12.2. The van der Waals surface area contributed by atoms with Gasteiger partial charge in [-0.05, 0) is 26.7 Å². The topological polar surface area (TPSA) is 270 Å². The van der Waals surface area contributed by atoms with Crippen LogP contribution in [0.5, 0.6) is 0 Å². The fourth-order valence-electron chi connectivity index (χ4n) is 4.82. The van der Waals surface area contributed by atoms with Gasteiger partial charge in [-0.1, -0.05) is 103 Å². The first kappa shape index (κ1) is 47.7. The predicted octanol–water partition coefficient (Wildman–Crippen LogP) is -1.48. The number of quaternary nitrogens is 1. The second-order valence-corrected chi connectivity index (χ2v) is 22.4. The molecule has 17 nitrogen and oxygen atoms in total. The highest BCUT2D eigenvalue weighted by atomic mass is 28.5. The van der Waals surface area contributed by atoms with Crippen LogP contribution in [0.2, 0.25) is 0 Å². The van der Waals surface area contributed by atoms with Crippen molar-refractivity contribution in [3.63, 3.8) is 0 Å². The molecule has 0 saturated carbocycles. The van der Waals surface area contributed by atoms with Crippen LogP contribution in [0.25, 0.3) is 0 Å². The highest BCUT2D eigenvalue weighted by Gasteiger charge is 2.62. The molecule has 0 aromatic carbocycles. The van der Waals surface area contributed by atoms with E-state index in [-0.39, 0.29) is 5.57 Å². The summed E-state index contributed by atoms with van der Waals surface area (Å²) >= 11 is 0. The SMILES string of the molecule is C=C(C)C(=O)OC[Si](O)(O)O[Si](O)(O)O[Si](O)(O)O[Si](O)(O)O[Si](O)(O)C[NH+](CC)CCCCCCCCCCCCCCCCCC. The number of nitrogens with one attached hydrogen (secondary N) is 1. The zero-order chi connectivity index (χ0) is 36.9. The van der Waals surface area contributed by atoms with Crippen molar-refractivity contribution in [3.05, 3.63) is 12.2 Å². The summed E-state index contributed by atoms with van der Waals surface area (Å²) in [6.07, 6.45) is 17.8. The maximum atomic E-state index is 11.4.